The molecule has 1 aromatic heterocycles. The minimum absolute atomic E-state index is 0.122. The molecule has 7 heteroatoms. The molecule has 0 spiro atoms. The predicted octanol–water partition coefficient (Wildman–Crippen LogP) is 3.57. The van der Waals surface area contributed by atoms with E-state index in [0.717, 1.165) is 17.9 Å². The van der Waals surface area contributed by atoms with E-state index >= 15 is 0 Å². The third-order valence-electron chi connectivity index (χ3n) is 3.67. The Balaban J connectivity index is 1.64. The van der Waals surface area contributed by atoms with Gasteiger partial charge in [-0.15, -0.1) is 0 Å². The fourth-order valence-electron chi connectivity index (χ4n) is 2.18. The van der Waals surface area contributed by atoms with Gasteiger partial charge in [0.2, 0.25) is 5.91 Å². The fraction of sp³-hybridized carbons (Fsp3) is 0.412. The van der Waals surface area contributed by atoms with Crippen molar-refractivity contribution >= 4 is 23.4 Å². The maximum atomic E-state index is 12.4. The summed E-state index contributed by atoms with van der Waals surface area (Å²) in [5.74, 6) is 2.01. The second kappa shape index (κ2) is 7.17. The van der Waals surface area contributed by atoms with Crippen LogP contribution in [-0.4, -0.2) is 29.4 Å². The maximum absolute atomic E-state index is 12.4. The zero-order valence-electron chi connectivity index (χ0n) is 13.9. The number of anilines is 1. The Bertz CT molecular complexity index is 725. The van der Waals surface area contributed by atoms with Crippen LogP contribution in [0.5, 0.6) is 11.5 Å². The normalized spacial score (nSPS) is 14.8. The van der Waals surface area contributed by atoms with Crippen LogP contribution in [0.15, 0.2) is 27.8 Å². The van der Waals surface area contributed by atoms with E-state index < -0.39 is 0 Å². The van der Waals surface area contributed by atoms with Crippen molar-refractivity contribution in [3.8, 4) is 11.5 Å². The summed E-state index contributed by atoms with van der Waals surface area (Å²) in [5, 5.41) is 3.06. The number of ether oxygens (including phenoxy) is 2. The van der Waals surface area contributed by atoms with Gasteiger partial charge < -0.3 is 19.2 Å². The van der Waals surface area contributed by atoms with Crippen molar-refractivity contribution in [3.63, 3.8) is 0 Å². The van der Waals surface area contributed by atoms with Crippen LogP contribution in [-0.2, 0) is 4.79 Å². The Morgan fingerprint density at radius 1 is 1.25 bits per heavy atom. The van der Waals surface area contributed by atoms with Crippen LogP contribution < -0.4 is 14.8 Å². The summed E-state index contributed by atoms with van der Waals surface area (Å²) in [4.78, 5) is 16.7. The van der Waals surface area contributed by atoms with Gasteiger partial charge in [-0.2, -0.15) is 0 Å². The number of nitrogens with one attached hydrogen (secondary N) is 1. The molecule has 0 aliphatic carbocycles. The molecular weight excluding hydrogens is 328 g/mol. The highest BCUT2D eigenvalue weighted by atomic mass is 32.2. The molecule has 1 atom stereocenters. The molecule has 2 aromatic rings. The second-order valence-electron chi connectivity index (χ2n) is 5.58. The molecule has 0 radical (unpaired) electrons. The smallest absolute Gasteiger partial charge is 0.256 e. The summed E-state index contributed by atoms with van der Waals surface area (Å²) in [6.07, 6.45) is 0.846. The highest BCUT2D eigenvalue weighted by Gasteiger charge is 2.19. The van der Waals surface area contributed by atoms with E-state index in [4.69, 9.17) is 13.9 Å². The molecule has 128 valence electrons. The number of aryl methyl sites for hydroxylation is 2. The van der Waals surface area contributed by atoms with Gasteiger partial charge in [0.15, 0.2) is 11.5 Å². The zero-order valence-corrected chi connectivity index (χ0v) is 14.7. The zero-order chi connectivity index (χ0) is 17.1. The van der Waals surface area contributed by atoms with E-state index in [2.05, 4.69) is 10.3 Å². The van der Waals surface area contributed by atoms with Crippen LogP contribution in [0.25, 0.3) is 0 Å². The highest BCUT2D eigenvalue weighted by molar-refractivity contribution is 8.00. The van der Waals surface area contributed by atoms with Gasteiger partial charge >= 0.3 is 0 Å². The third-order valence-corrected chi connectivity index (χ3v) is 4.61. The first-order valence-electron chi connectivity index (χ1n) is 7.84. The van der Waals surface area contributed by atoms with Crippen molar-refractivity contribution in [3.05, 3.63) is 29.7 Å². The molecule has 1 aliphatic rings. The van der Waals surface area contributed by atoms with E-state index in [0.29, 0.717) is 35.6 Å². The molecule has 6 nitrogen and oxygen atoms in total. The quantitative estimate of drug-likeness (QED) is 0.852. The molecule has 2 heterocycles. The lowest BCUT2D eigenvalue weighted by Crippen LogP contribution is -2.22. The minimum atomic E-state index is -0.335. The second-order valence-corrected chi connectivity index (χ2v) is 6.87. The SMILES string of the molecule is Cc1nc(S[C@H](C)C(=O)Nc2ccc3c(c2)OCCCO3)oc1C. The number of fused-ring (bicyclic) bond motifs is 1. The number of oxazole rings is 1. The molecule has 0 fully saturated rings. The van der Waals surface area contributed by atoms with Gasteiger partial charge in [0.25, 0.3) is 5.22 Å². The lowest BCUT2D eigenvalue weighted by atomic mass is 10.2. The van der Waals surface area contributed by atoms with Crippen molar-refractivity contribution in [1.29, 1.82) is 0 Å². The van der Waals surface area contributed by atoms with Crippen molar-refractivity contribution < 1.29 is 18.7 Å². The monoisotopic (exact) mass is 348 g/mol. The number of amides is 1. The highest BCUT2D eigenvalue weighted by Crippen LogP contribution is 2.33. The topological polar surface area (TPSA) is 73.6 Å². The molecule has 1 aliphatic heterocycles. The number of carbonyl (C=O) groups is 1. The first-order valence-corrected chi connectivity index (χ1v) is 8.72. The van der Waals surface area contributed by atoms with E-state index in [1.807, 2.05) is 32.9 Å². The summed E-state index contributed by atoms with van der Waals surface area (Å²) < 4.78 is 16.7. The number of nitrogens with zero attached hydrogens (tertiary/aromatic N) is 1. The molecule has 0 saturated heterocycles. The van der Waals surface area contributed by atoms with Crippen LogP contribution in [0.3, 0.4) is 0 Å². The van der Waals surface area contributed by atoms with Gasteiger partial charge in [0, 0.05) is 18.2 Å². The molecule has 1 amide bonds. The van der Waals surface area contributed by atoms with E-state index in [-0.39, 0.29) is 11.2 Å². The van der Waals surface area contributed by atoms with Crippen LogP contribution in [0, 0.1) is 13.8 Å². The lowest BCUT2D eigenvalue weighted by molar-refractivity contribution is -0.115. The Morgan fingerprint density at radius 3 is 2.71 bits per heavy atom. The maximum Gasteiger partial charge on any atom is 0.256 e. The first-order chi connectivity index (χ1) is 11.5. The summed E-state index contributed by atoms with van der Waals surface area (Å²) in [6.45, 7) is 6.80. The number of aromatic nitrogens is 1. The standard InChI is InChI=1S/C17H20N2O4S/c1-10-11(2)23-17(18-10)24-12(3)16(20)19-13-5-6-14-15(9-13)22-8-4-7-21-14/h5-6,9,12H,4,7-8H2,1-3H3,(H,19,20)/t12-/m1/s1. The Hall–Kier alpha value is -2.15. The molecule has 0 saturated carbocycles. The summed E-state index contributed by atoms with van der Waals surface area (Å²) in [6, 6.07) is 5.41. The molecule has 1 N–H and O–H groups in total. The number of carbonyl (C=O) groups excluding carboxylic acids is 1. The fourth-order valence-corrected chi connectivity index (χ4v) is 3.01. The predicted molar refractivity (Wildman–Crippen MR) is 92.0 cm³/mol. The molecule has 0 unspecified atom stereocenters. The molecule has 24 heavy (non-hydrogen) atoms. The average Bonchev–Trinajstić information content (AvgIpc) is 2.75. The van der Waals surface area contributed by atoms with Gasteiger partial charge in [-0.1, -0.05) is 11.8 Å². The van der Waals surface area contributed by atoms with E-state index in [9.17, 15) is 4.79 Å². The molecule has 3 rings (SSSR count). The van der Waals surface area contributed by atoms with Crippen LogP contribution in [0.4, 0.5) is 5.69 Å². The van der Waals surface area contributed by atoms with Gasteiger partial charge in [0.05, 0.1) is 24.2 Å². The third kappa shape index (κ3) is 3.84. The summed E-state index contributed by atoms with van der Waals surface area (Å²) in [5.41, 5.74) is 1.52. The lowest BCUT2D eigenvalue weighted by Gasteiger charge is -2.12. The molecule has 0 bridgehead atoms. The van der Waals surface area contributed by atoms with Gasteiger partial charge in [-0.25, -0.2) is 4.98 Å². The average molecular weight is 348 g/mol. The Morgan fingerprint density at radius 2 is 2.00 bits per heavy atom. The molecule has 1 aromatic carbocycles. The largest absolute Gasteiger partial charge is 0.490 e. The van der Waals surface area contributed by atoms with Crippen LogP contribution >= 0.6 is 11.8 Å². The van der Waals surface area contributed by atoms with Gasteiger partial charge in [0.1, 0.15) is 5.76 Å². The van der Waals surface area contributed by atoms with E-state index in [1.165, 1.54) is 11.8 Å². The Labute approximate surface area is 144 Å². The van der Waals surface area contributed by atoms with E-state index in [1.54, 1.807) is 6.07 Å². The number of thioether (sulfide) groups is 1. The van der Waals surface area contributed by atoms with Gasteiger partial charge in [-0.3, -0.25) is 4.79 Å². The number of hydrogen-bond acceptors (Lipinski definition) is 6. The van der Waals surface area contributed by atoms with Crippen molar-refractivity contribution in [1.82, 2.24) is 4.98 Å². The van der Waals surface area contributed by atoms with Crippen molar-refractivity contribution in [2.75, 3.05) is 18.5 Å². The van der Waals surface area contributed by atoms with Crippen LogP contribution in [0.1, 0.15) is 24.8 Å². The Kier molecular flexibility index (Phi) is 4.99. The summed E-state index contributed by atoms with van der Waals surface area (Å²) >= 11 is 1.29. The minimum Gasteiger partial charge on any atom is -0.490 e. The summed E-state index contributed by atoms with van der Waals surface area (Å²) in [7, 11) is 0. The molecular formula is C17H20N2O4S. The number of hydrogen-bond donors (Lipinski definition) is 1. The van der Waals surface area contributed by atoms with Crippen molar-refractivity contribution in [2.24, 2.45) is 0 Å². The number of benzene rings is 1. The number of rotatable bonds is 4. The van der Waals surface area contributed by atoms with Crippen LogP contribution in [0.2, 0.25) is 0 Å². The van der Waals surface area contributed by atoms with Crippen molar-refractivity contribution in [2.45, 2.75) is 37.7 Å². The first kappa shape index (κ1) is 16.7. The van der Waals surface area contributed by atoms with Gasteiger partial charge in [-0.05, 0) is 32.9 Å².